The van der Waals surface area contributed by atoms with Crippen LogP contribution in [0.4, 0.5) is 13.2 Å². The van der Waals surface area contributed by atoms with Crippen molar-refractivity contribution in [2.75, 3.05) is 0 Å². The van der Waals surface area contributed by atoms with Crippen LogP contribution in [0.3, 0.4) is 0 Å². The summed E-state index contributed by atoms with van der Waals surface area (Å²) < 4.78 is 37.4. The zero-order valence-corrected chi connectivity index (χ0v) is 11.4. The summed E-state index contributed by atoms with van der Waals surface area (Å²) in [5.74, 6) is 0.561. The number of benzene rings is 1. The third-order valence-electron chi connectivity index (χ3n) is 4.70. The van der Waals surface area contributed by atoms with Crippen LogP contribution in [0.5, 0.6) is 0 Å². The normalized spacial score (nSPS) is 31.4. The van der Waals surface area contributed by atoms with Gasteiger partial charge in [-0.15, -0.1) is 0 Å². The fourth-order valence-corrected chi connectivity index (χ4v) is 3.56. The van der Waals surface area contributed by atoms with Crippen LogP contribution in [0.2, 0.25) is 0 Å². The topological polar surface area (TPSA) is 55.1 Å². The number of alkyl halides is 3. The quantitative estimate of drug-likeness (QED) is 0.881. The Morgan fingerprint density at radius 3 is 2.24 bits per heavy atom. The summed E-state index contributed by atoms with van der Waals surface area (Å²) in [6, 6.07) is 4.64. The first kappa shape index (κ1) is 14.4. The molecule has 1 amide bonds. The standard InChI is InChI=1S/C15H17F3N2O/c16-15(17,18)11-3-1-8(2-4-11)14(21)20-13-7-9-5-10(13)6-12(9)19/h1-4,9-10,12-13H,5-7,19H2,(H,20,21). The van der Waals surface area contributed by atoms with Crippen LogP contribution >= 0.6 is 0 Å². The molecule has 2 aliphatic carbocycles. The summed E-state index contributed by atoms with van der Waals surface area (Å²) in [6.07, 6.45) is -1.55. The van der Waals surface area contributed by atoms with Gasteiger partial charge >= 0.3 is 6.18 Å². The van der Waals surface area contributed by atoms with Gasteiger partial charge in [-0.3, -0.25) is 4.79 Å². The van der Waals surface area contributed by atoms with Crippen LogP contribution in [0, 0.1) is 11.8 Å². The Bertz CT molecular complexity index is 539. The molecule has 0 saturated heterocycles. The Morgan fingerprint density at radius 1 is 1.10 bits per heavy atom. The third-order valence-corrected chi connectivity index (χ3v) is 4.70. The van der Waals surface area contributed by atoms with Crippen LogP contribution in [0.25, 0.3) is 0 Å². The van der Waals surface area contributed by atoms with Gasteiger partial charge in [0.15, 0.2) is 0 Å². The van der Waals surface area contributed by atoms with E-state index in [-0.39, 0.29) is 23.6 Å². The van der Waals surface area contributed by atoms with E-state index in [2.05, 4.69) is 5.32 Å². The van der Waals surface area contributed by atoms with Gasteiger partial charge in [-0.1, -0.05) is 0 Å². The van der Waals surface area contributed by atoms with Gasteiger partial charge < -0.3 is 11.1 Å². The van der Waals surface area contributed by atoms with Crippen molar-refractivity contribution in [1.82, 2.24) is 5.32 Å². The predicted octanol–water partition coefficient (Wildman–Crippen LogP) is 2.56. The van der Waals surface area contributed by atoms with Crippen molar-refractivity contribution in [2.45, 2.75) is 37.5 Å². The third kappa shape index (κ3) is 2.77. The zero-order valence-electron chi connectivity index (χ0n) is 11.4. The van der Waals surface area contributed by atoms with E-state index >= 15 is 0 Å². The van der Waals surface area contributed by atoms with Crippen LogP contribution in [0.1, 0.15) is 35.2 Å². The molecule has 3 N–H and O–H groups in total. The number of fused-ring (bicyclic) bond motifs is 2. The van der Waals surface area contributed by atoms with Crippen LogP contribution in [-0.2, 0) is 6.18 Å². The minimum absolute atomic E-state index is 0.101. The lowest BCUT2D eigenvalue weighted by Crippen LogP contribution is -2.42. The van der Waals surface area contributed by atoms with Crippen molar-refractivity contribution in [2.24, 2.45) is 17.6 Å². The highest BCUT2D eigenvalue weighted by Crippen LogP contribution is 2.43. The zero-order chi connectivity index (χ0) is 15.2. The van der Waals surface area contributed by atoms with E-state index < -0.39 is 11.7 Å². The molecule has 2 fully saturated rings. The number of carbonyl (C=O) groups is 1. The maximum absolute atomic E-state index is 12.5. The highest BCUT2D eigenvalue weighted by molar-refractivity contribution is 5.94. The molecular weight excluding hydrogens is 281 g/mol. The monoisotopic (exact) mass is 298 g/mol. The fraction of sp³-hybridized carbons (Fsp3) is 0.533. The molecule has 1 aromatic rings. The summed E-state index contributed by atoms with van der Waals surface area (Å²) in [7, 11) is 0. The number of hydrogen-bond donors (Lipinski definition) is 2. The van der Waals surface area contributed by atoms with E-state index in [1.807, 2.05) is 0 Å². The fourth-order valence-electron chi connectivity index (χ4n) is 3.56. The first-order chi connectivity index (χ1) is 9.84. The molecule has 2 aliphatic rings. The molecule has 0 radical (unpaired) electrons. The maximum Gasteiger partial charge on any atom is 0.416 e. The Hall–Kier alpha value is -1.56. The highest BCUT2D eigenvalue weighted by Gasteiger charge is 2.44. The maximum atomic E-state index is 12.5. The molecule has 3 nitrogen and oxygen atoms in total. The first-order valence-corrected chi connectivity index (χ1v) is 7.08. The lowest BCUT2D eigenvalue weighted by molar-refractivity contribution is -0.137. The van der Waals surface area contributed by atoms with Crippen molar-refractivity contribution in [3.05, 3.63) is 35.4 Å². The molecule has 3 rings (SSSR count). The van der Waals surface area contributed by atoms with Gasteiger partial charge in [-0.05, 0) is 55.4 Å². The molecule has 0 aromatic heterocycles. The SMILES string of the molecule is NC1CC2CC1CC2NC(=O)c1ccc(C(F)(F)F)cc1. The van der Waals surface area contributed by atoms with E-state index in [4.69, 9.17) is 5.73 Å². The van der Waals surface area contributed by atoms with Crippen LogP contribution in [-0.4, -0.2) is 18.0 Å². The Morgan fingerprint density at radius 2 is 1.76 bits per heavy atom. The lowest BCUT2D eigenvalue weighted by Gasteiger charge is -2.26. The van der Waals surface area contributed by atoms with Gasteiger partial charge in [0, 0.05) is 17.6 Å². The van der Waals surface area contributed by atoms with Crippen LogP contribution < -0.4 is 11.1 Å². The minimum atomic E-state index is -4.38. The molecule has 6 heteroatoms. The second kappa shape index (κ2) is 5.02. The van der Waals surface area contributed by atoms with Gasteiger partial charge in [0.1, 0.15) is 0 Å². The molecule has 0 aliphatic heterocycles. The average Bonchev–Trinajstić information content (AvgIpc) is 2.96. The van der Waals surface area contributed by atoms with E-state index in [0.717, 1.165) is 31.4 Å². The van der Waals surface area contributed by atoms with E-state index in [1.54, 1.807) is 0 Å². The Balaban J connectivity index is 1.64. The summed E-state index contributed by atoms with van der Waals surface area (Å²) in [5.41, 5.74) is 5.48. The molecule has 114 valence electrons. The summed E-state index contributed by atoms with van der Waals surface area (Å²) in [6.45, 7) is 0. The lowest BCUT2D eigenvalue weighted by atomic mass is 9.91. The smallest absolute Gasteiger partial charge is 0.349 e. The molecule has 2 bridgehead atoms. The highest BCUT2D eigenvalue weighted by atomic mass is 19.4. The predicted molar refractivity (Wildman–Crippen MR) is 71.5 cm³/mol. The van der Waals surface area contributed by atoms with Crippen molar-refractivity contribution >= 4 is 5.91 Å². The van der Waals surface area contributed by atoms with Crippen molar-refractivity contribution < 1.29 is 18.0 Å². The largest absolute Gasteiger partial charge is 0.416 e. The Labute approximate surface area is 120 Å². The summed E-state index contributed by atoms with van der Waals surface area (Å²) in [5, 5.41) is 2.93. The van der Waals surface area contributed by atoms with Gasteiger partial charge in [-0.2, -0.15) is 13.2 Å². The van der Waals surface area contributed by atoms with Crippen molar-refractivity contribution in [3.8, 4) is 0 Å². The van der Waals surface area contributed by atoms with Crippen molar-refractivity contribution in [3.63, 3.8) is 0 Å². The number of amides is 1. The summed E-state index contributed by atoms with van der Waals surface area (Å²) >= 11 is 0. The first-order valence-electron chi connectivity index (χ1n) is 7.08. The molecule has 4 atom stereocenters. The van der Waals surface area contributed by atoms with Gasteiger partial charge in [0.2, 0.25) is 0 Å². The molecule has 0 heterocycles. The summed E-state index contributed by atoms with van der Waals surface area (Å²) in [4.78, 5) is 12.1. The molecule has 21 heavy (non-hydrogen) atoms. The molecule has 2 saturated carbocycles. The van der Waals surface area contributed by atoms with Gasteiger partial charge in [0.05, 0.1) is 5.56 Å². The number of halogens is 3. The number of rotatable bonds is 2. The van der Waals surface area contributed by atoms with Crippen molar-refractivity contribution in [1.29, 1.82) is 0 Å². The Kier molecular flexibility index (Phi) is 3.43. The second-order valence-corrected chi connectivity index (χ2v) is 6.05. The molecule has 1 aromatic carbocycles. The average molecular weight is 298 g/mol. The van der Waals surface area contributed by atoms with Gasteiger partial charge in [0.25, 0.3) is 5.91 Å². The van der Waals surface area contributed by atoms with Crippen LogP contribution in [0.15, 0.2) is 24.3 Å². The van der Waals surface area contributed by atoms with E-state index in [9.17, 15) is 18.0 Å². The second-order valence-electron chi connectivity index (χ2n) is 6.05. The number of hydrogen-bond acceptors (Lipinski definition) is 2. The van der Waals surface area contributed by atoms with E-state index in [0.29, 0.717) is 11.8 Å². The molecular formula is C15H17F3N2O. The number of nitrogens with two attached hydrogens (primary N) is 1. The van der Waals surface area contributed by atoms with Gasteiger partial charge in [-0.25, -0.2) is 0 Å². The minimum Gasteiger partial charge on any atom is -0.349 e. The molecule has 4 unspecified atom stereocenters. The van der Waals surface area contributed by atoms with E-state index in [1.165, 1.54) is 12.1 Å². The molecule has 0 spiro atoms. The number of carbonyl (C=O) groups excluding carboxylic acids is 1. The number of nitrogens with one attached hydrogen (secondary N) is 1.